The van der Waals surface area contributed by atoms with Crippen LogP contribution in [0.15, 0.2) is 0 Å². The van der Waals surface area contributed by atoms with Gasteiger partial charge in [0.15, 0.2) is 5.79 Å². The topological polar surface area (TPSA) is 18.5 Å². The molecule has 1 spiro atoms. The summed E-state index contributed by atoms with van der Waals surface area (Å²) in [4.78, 5) is 0. The molecule has 14 heavy (non-hydrogen) atoms. The van der Waals surface area contributed by atoms with Crippen molar-refractivity contribution in [1.29, 1.82) is 0 Å². The molecule has 2 aliphatic rings. The molecule has 2 rings (SSSR count). The van der Waals surface area contributed by atoms with Crippen molar-refractivity contribution in [3.05, 3.63) is 0 Å². The molecule has 0 atom stereocenters. The minimum absolute atomic E-state index is 0.242. The molecule has 2 nitrogen and oxygen atoms in total. The van der Waals surface area contributed by atoms with Crippen LogP contribution < -0.4 is 0 Å². The Morgan fingerprint density at radius 3 is 2.21 bits per heavy atom. The van der Waals surface area contributed by atoms with E-state index in [2.05, 4.69) is 12.8 Å². The van der Waals surface area contributed by atoms with Crippen LogP contribution in [0.4, 0.5) is 0 Å². The summed E-state index contributed by atoms with van der Waals surface area (Å²) in [6, 6.07) is 0. The highest BCUT2D eigenvalue weighted by Gasteiger charge is 2.43. The van der Waals surface area contributed by atoms with Crippen molar-refractivity contribution in [1.82, 2.24) is 0 Å². The van der Waals surface area contributed by atoms with Gasteiger partial charge in [-0.25, -0.2) is 0 Å². The molecule has 2 fully saturated rings. The second-order valence-corrected chi connectivity index (χ2v) is 4.80. The van der Waals surface area contributed by atoms with Crippen molar-refractivity contribution in [2.45, 2.75) is 44.8 Å². The van der Waals surface area contributed by atoms with E-state index in [1.165, 1.54) is 0 Å². The fourth-order valence-electron chi connectivity index (χ4n) is 2.44. The van der Waals surface area contributed by atoms with E-state index in [9.17, 15) is 0 Å². The van der Waals surface area contributed by atoms with E-state index in [1.807, 2.05) is 0 Å². The third-order valence-electron chi connectivity index (χ3n) is 3.56. The third-order valence-corrected chi connectivity index (χ3v) is 3.56. The predicted molar refractivity (Wildman–Crippen MR) is 54.7 cm³/mol. The van der Waals surface area contributed by atoms with Crippen LogP contribution in [-0.2, 0) is 9.47 Å². The molecule has 0 N–H and O–H groups in total. The predicted octanol–water partition coefficient (Wildman–Crippen LogP) is 2.33. The van der Waals surface area contributed by atoms with Crippen molar-refractivity contribution in [3.8, 4) is 12.3 Å². The molecule has 0 unspecified atom stereocenters. The van der Waals surface area contributed by atoms with Crippen LogP contribution in [0.25, 0.3) is 0 Å². The maximum Gasteiger partial charge on any atom is 0.168 e. The molecule has 1 saturated heterocycles. The van der Waals surface area contributed by atoms with Gasteiger partial charge in [-0.3, -0.25) is 0 Å². The molecular formula is C12H18O2. The number of terminal acetylenes is 1. The van der Waals surface area contributed by atoms with E-state index in [-0.39, 0.29) is 5.79 Å². The molecule has 2 heteroatoms. The lowest BCUT2D eigenvalue weighted by Crippen LogP contribution is -2.38. The number of ether oxygens (including phenoxy) is 2. The lowest BCUT2D eigenvalue weighted by molar-refractivity contribution is -0.189. The van der Waals surface area contributed by atoms with Gasteiger partial charge < -0.3 is 9.47 Å². The Hall–Kier alpha value is -0.520. The van der Waals surface area contributed by atoms with Gasteiger partial charge in [0.2, 0.25) is 0 Å². The molecule has 0 bridgehead atoms. The second kappa shape index (κ2) is 3.56. The van der Waals surface area contributed by atoms with Crippen LogP contribution in [0.5, 0.6) is 0 Å². The van der Waals surface area contributed by atoms with E-state index in [1.54, 1.807) is 0 Å². The van der Waals surface area contributed by atoms with Crippen LogP contribution in [0, 0.1) is 17.8 Å². The molecule has 1 heterocycles. The van der Waals surface area contributed by atoms with Crippen molar-refractivity contribution >= 4 is 0 Å². The zero-order valence-electron chi connectivity index (χ0n) is 8.84. The minimum atomic E-state index is -0.242. The van der Waals surface area contributed by atoms with Crippen molar-refractivity contribution in [2.75, 3.05) is 13.2 Å². The first-order valence-electron chi connectivity index (χ1n) is 5.40. The van der Waals surface area contributed by atoms with E-state index < -0.39 is 0 Å². The van der Waals surface area contributed by atoms with Crippen LogP contribution in [-0.4, -0.2) is 19.0 Å². The second-order valence-electron chi connectivity index (χ2n) is 4.80. The largest absolute Gasteiger partial charge is 0.348 e. The molecule has 1 saturated carbocycles. The SMILES string of the molecule is C#CCC1(C)CCC2(CC1)OCCO2. The van der Waals surface area contributed by atoms with Crippen LogP contribution in [0.1, 0.15) is 39.0 Å². The van der Waals surface area contributed by atoms with E-state index in [0.717, 1.165) is 45.3 Å². The van der Waals surface area contributed by atoms with Crippen LogP contribution in [0.3, 0.4) is 0 Å². The Labute approximate surface area is 86.0 Å². The van der Waals surface area contributed by atoms with Gasteiger partial charge in [0.1, 0.15) is 0 Å². The van der Waals surface area contributed by atoms with Gasteiger partial charge in [0, 0.05) is 19.3 Å². The quantitative estimate of drug-likeness (QED) is 0.596. The van der Waals surface area contributed by atoms with Gasteiger partial charge >= 0.3 is 0 Å². The van der Waals surface area contributed by atoms with Gasteiger partial charge in [-0.1, -0.05) is 6.92 Å². The molecule has 1 aliphatic heterocycles. The average Bonchev–Trinajstić information content (AvgIpc) is 2.61. The zero-order chi connectivity index (χ0) is 10.1. The summed E-state index contributed by atoms with van der Waals surface area (Å²) in [5, 5.41) is 0. The molecule has 0 aromatic carbocycles. The number of rotatable bonds is 1. The monoisotopic (exact) mass is 194 g/mol. The number of hydrogen-bond donors (Lipinski definition) is 0. The van der Waals surface area contributed by atoms with Crippen molar-refractivity contribution in [3.63, 3.8) is 0 Å². The lowest BCUT2D eigenvalue weighted by Gasteiger charge is -2.40. The van der Waals surface area contributed by atoms with Gasteiger partial charge in [-0.2, -0.15) is 0 Å². The fourth-order valence-corrected chi connectivity index (χ4v) is 2.44. The van der Waals surface area contributed by atoms with Crippen molar-refractivity contribution < 1.29 is 9.47 Å². The Morgan fingerprint density at radius 1 is 1.14 bits per heavy atom. The molecule has 0 amide bonds. The standard InChI is InChI=1S/C12H18O2/c1-3-4-11(2)5-7-12(8-6-11)13-9-10-14-12/h1H,4-10H2,2H3. The third kappa shape index (κ3) is 1.80. The average molecular weight is 194 g/mol. The van der Waals surface area contributed by atoms with Gasteiger partial charge in [-0.15, -0.1) is 12.3 Å². The first kappa shape index (κ1) is 10.0. The summed E-state index contributed by atoms with van der Waals surface area (Å²) < 4.78 is 11.4. The highest BCUT2D eigenvalue weighted by Crippen LogP contribution is 2.45. The van der Waals surface area contributed by atoms with E-state index >= 15 is 0 Å². The maximum atomic E-state index is 5.68. The molecular weight excluding hydrogens is 176 g/mol. The summed E-state index contributed by atoms with van der Waals surface area (Å²) in [6.07, 6.45) is 10.5. The van der Waals surface area contributed by atoms with Crippen molar-refractivity contribution in [2.24, 2.45) is 5.41 Å². The highest BCUT2D eigenvalue weighted by molar-refractivity contribution is 4.97. The highest BCUT2D eigenvalue weighted by atomic mass is 16.7. The fraction of sp³-hybridized carbons (Fsp3) is 0.833. The maximum absolute atomic E-state index is 5.68. The minimum Gasteiger partial charge on any atom is -0.348 e. The number of hydrogen-bond acceptors (Lipinski definition) is 2. The molecule has 1 aliphatic carbocycles. The van der Waals surface area contributed by atoms with Crippen LogP contribution in [0.2, 0.25) is 0 Å². The lowest BCUT2D eigenvalue weighted by atomic mass is 9.71. The van der Waals surface area contributed by atoms with Gasteiger partial charge in [-0.05, 0) is 18.3 Å². The van der Waals surface area contributed by atoms with Gasteiger partial charge in [0.05, 0.1) is 13.2 Å². The molecule has 78 valence electrons. The summed E-state index contributed by atoms with van der Waals surface area (Å²) in [5.41, 5.74) is 0.315. The van der Waals surface area contributed by atoms with E-state index in [0.29, 0.717) is 5.41 Å². The molecule has 0 aromatic heterocycles. The smallest absolute Gasteiger partial charge is 0.168 e. The summed E-state index contributed by atoms with van der Waals surface area (Å²) >= 11 is 0. The van der Waals surface area contributed by atoms with E-state index in [4.69, 9.17) is 15.9 Å². The Kier molecular flexibility index (Phi) is 2.55. The Bertz CT molecular complexity index is 236. The first-order chi connectivity index (χ1) is 6.68. The Balaban J connectivity index is 1.94. The molecule has 0 aromatic rings. The molecule has 0 radical (unpaired) electrons. The van der Waals surface area contributed by atoms with Crippen LogP contribution >= 0.6 is 0 Å². The zero-order valence-corrected chi connectivity index (χ0v) is 8.84. The normalized spacial score (nSPS) is 28.9. The summed E-state index contributed by atoms with van der Waals surface area (Å²) in [6.45, 7) is 3.78. The Morgan fingerprint density at radius 2 is 1.71 bits per heavy atom. The summed E-state index contributed by atoms with van der Waals surface area (Å²) in [5.74, 6) is 2.53. The van der Waals surface area contributed by atoms with Gasteiger partial charge in [0.25, 0.3) is 0 Å². The summed E-state index contributed by atoms with van der Waals surface area (Å²) in [7, 11) is 0. The first-order valence-corrected chi connectivity index (χ1v) is 5.40.